The van der Waals surface area contributed by atoms with E-state index in [2.05, 4.69) is 11.4 Å². The Morgan fingerprint density at radius 3 is 2.84 bits per heavy atom. The summed E-state index contributed by atoms with van der Waals surface area (Å²) in [7, 11) is 0. The number of hydrogen-bond acceptors (Lipinski definition) is 2. The van der Waals surface area contributed by atoms with E-state index in [1.807, 2.05) is 12.1 Å². The molecule has 1 unspecified atom stereocenters. The number of carbonyl (C=O) groups is 1. The van der Waals surface area contributed by atoms with Crippen LogP contribution in [-0.2, 0) is 10.2 Å². The highest BCUT2D eigenvalue weighted by molar-refractivity contribution is 6.30. The van der Waals surface area contributed by atoms with Gasteiger partial charge in [0.05, 0.1) is 6.42 Å². The van der Waals surface area contributed by atoms with Crippen LogP contribution in [0.5, 0.6) is 0 Å². The zero-order valence-corrected chi connectivity index (χ0v) is 11.5. The van der Waals surface area contributed by atoms with Crippen molar-refractivity contribution in [2.75, 3.05) is 13.1 Å². The SMILES string of the molecule is O=C(O)CC1CC2(CCNCC2)c2cc(Cl)ccc21. The summed E-state index contributed by atoms with van der Waals surface area (Å²) >= 11 is 6.15. The van der Waals surface area contributed by atoms with E-state index in [0.717, 1.165) is 37.4 Å². The van der Waals surface area contributed by atoms with Crippen molar-refractivity contribution >= 4 is 17.6 Å². The minimum atomic E-state index is -0.711. The van der Waals surface area contributed by atoms with Crippen LogP contribution in [0.25, 0.3) is 0 Å². The summed E-state index contributed by atoms with van der Waals surface area (Å²) in [5, 5.41) is 13.2. The van der Waals surface area contributed by atoms with Gasteiger partial charge in [-0.1, -0.05) is 17.7 Å². The fourth-order valence-corrected chi connectivity index (χ4v) is 3.98. The molecule has 1 aromatic rings. The Hall–Kier alpha value is -1.06. The van der Waals surface area contributed by atoms with Gasteiger partial charge in [-0.3, -0.25) is 4.79 Å². The topological polar surface area (TPSA) is 49.3 Å². The van der Waals surface area contributed by atoms with E-state index in [9.17, 15) is 4.79 Å². The van der Waals surface area contributed by atoms with Crippen LogP contribution in [0, 0.1) is 0 Å². The summed E-state index contributed by atoms with van der Waals surface area (Å²) < 4.78 is 0. The standard InChI is InChI=1S/C15H18ClNO2/c16-11-1-2-12-10(7-14(18)19)9-15(13(12)8-11)3-5-17-6-4-15/h1-2,8,10,17H,3-7,9H2,(H,18,19). The molecule has 0 amide bonds. The monoisotopic (exact) mass is 279 g/mol. The molecular weight excluding hydrogens is 262 g/mol. The number of hydrogen-bond donors (Lipinski definition) is 2. The third kappa shape index (κ3) is 2.26. The van der Waals surface area contributed by atoms with Crippen LogP contribution >= 0.6 is 11.6 Å². The van der Waals surface area contributed by atoms with Crippen molar-refractivity contribution in [1.82, 2.24) is 5.32 Å². The maximum Gasteiger partial charge on any atom is 0.303 e. The first-order valence-electron chi connectivity index (χ1n) is 6.83. The third-order valence-electron chi connectivity index (χ3n) is 4.65. The van der Waals surface area contributed by atoms with Crippen molar-refractivity contribution < 1.29 is 9.90 Å². The Kier molecular flexibility index (Phi) is 3.27. The molecule has 1 heterocycles. The number of fused-ring (bicyclic) bond motifs is 2. The van der Waals surface area contributed by atoms with Gasteiger partial charge >= 0.3 is 5.97 Å². The molecule has 4 heteroatoms. The molecule has 2 aliphatic rings. The lowest BCUT2D eigenvalue weighted by Crippen LogP contribution is -2.38. The summed E-state index contributed by atoms with van der Waals surface area (Å²) in [6.07, 6.45) is 3.34. The molecule has 2 N–H and O–H groups in total. The minimum absolute atomic E-state index is 0.142. The smallest absolute Gasteiger partial charge is 0.303 e. The Labute approximate surface area is 118 Å². The van der Waals surface area contributed by atoms with Crippen molar-refractivity contribution in [1.29, 1.82) is 0 Å². The van der Waals surface area contributed by atoms with Gasteiger partial charge in [0.15, 0.2) is 0 Å². The number of aliphatic carboxylic acids is 1. The summed E-state index contributed by atoms with van der Waals surface area (Å²) in [6.45, 7) is 2.01. The zero-order valence-electron chi connectivity index (χ0n) is 10.8. The first kappa shape index (κ1) is 12.9. The predicted octanol–water partition coefficient (Wildman–Crippen LogP) is 2.92. The molecule has 1 aliphatic heterocycles. The van der Waals surface area contributed by atoms with E-state index in [1.54, 1.807) is 0 Å². The van der Waals surface area contributed by atoms with Crippen LogP contribution < -0.4 is 5.32 Å². The van der Waals surface area contributed by atoms with Gasteiger partial charge in [0.2, 0.25) is 0 Å². The van der Waals surface area contributed by atoms with Gasteiger partial charge in [0, 0.05) is 5.02 Å². The molecule has 3 rings (SSSR count). The van der Waals surface area contributed by atoms with E-state index >= 15 is 0 Å². The number of carboxylic acids is 1. The normalized spacial score (nSPS) is 24.4. The first-order valence-corrected chi connectivity index (χ1v) is 7.21. The predicted molar refractivity (Wildman–Crippen MR) is 74.8 cm³/mol. The first-order chi connectivity index (χ1) is 9.11. The molecule has 0 aromatic heterocycles. The number of halogens is 1. The van der Waals surface area contributed by atoms with E-state index < -0.39 is 5.97 Å². The van der Waals surface area contributed by atoms with Crippen molar-refractivity contribution in [3.8, 4) is 0 Å². The number of carboxylic acid groups (broad SMARTS) is 1. The molecule has 0 radical (unpaired) electrons. The zero-order chi connectivity index (χ0) is 13.5. The molecule has 102 valence electrons. The highest BCUT2D eigenvalue weighted by Crippen LogP contribution is 2.52. The lowest BCUT2D eigenvalue weighted by atomic mass is 9.73. The second-order valence-corrected chi connectivity index (χ2v) is 6.20. The van der Waals surface area contributed by atoms with Gasteiger partial charge < -0.3 is 10.4 Å². The molecule has 1 fully saturated rings. The largest absolute Gasteiger partial charge is 0.481 e. The highest BCUT2D eigenvalue weighted by Gasteiger charge is 2.44. The quantitative estimate of drug-likeness (QED) is 0.875. The van der Waals surface area contributed by atoms with Gasteiger partial charge in [0.25, 0.3) is 0 Å². The number of nitrogens with one attached hydrogen (secondary N) is 1. The van der Waals surface area contributed by atoms with E-state index in [0.29, 0.717) is 0 Å². The van der Waals surface area contributed by atoms with Gasteiger partial charge in [-0.15, -0.1) is 0 Å². The molecule has 1 aromatic carbocycles. The van der Waals surface area contributed by atoms with Crippen molar-refractivity contribution in [3.05, 3.63) is 34.3 Å². The second kappa shape index (κ2) is 4.80. The summed E-state index contributed by atoms with van der Waals surface area (Å²) in [5.41, 5.74) is 2.65. The fraction of sp³-hybridized carbons (Fsp3) is 0.533. The highest BCUT2D eigenvalue weighted by atomic mass is 35.5. The molecular formula is C15H18ClNO2. The van der Waals surface area contributed by atoms with E-state index in [4.69, 9.17) is 16.7 Å². The van der Waals surface area contributed by atoms with Crippen molar-refractivity contribution in [2.24, 2.45) is 0 Å². The summed E-state index contributed by atoms with van der Waals surface area (Å²) in [4.78, 5) is 11.1. The van der Waals surface area contributed by atoms with Crippen LogP contribution in [0.3, 0.4) is 0 Å². The average Bonchev–Trinajstić information content (AvgIpc) is 2.64. The Morgan fingerprint density at radius 1 is 1.42 bits per heavy atom. The number of benzene rings is 1. The third-order valence-corrected chi connectivity index (χ3v) is 4.88. The molecule has 1 aliphatic carbocycles. The van der Waals surface area contributed by atoms with Gasteiger partial charge in [-0.05, 0) is 66.9 Å². The summed E-state index contributed by atoms with van der Waals surface area (Å²) in [5.74, 6) is -0.570. The maximum absolute atomic E-state index is 11.1. The molecule has 19 heavy (non-hydrogen) atoms. The number of piperidine rings is 1. The van der Waals surface area contributed by atoms with Crippen molar-refractivity contribution in [2.45, 2.75) is 37.0 Å². The van der Waals surface area contributed by atoms with Crippen LogP contribution in [-0.4, -0.2) is 24.2 Å². The minimum Gasteiger partial charge on any atom is -0.481 e. The fourth-order valence-electron chi connectivity index (χ4n) is 3.81. The van der Waals surface area contributed by atoms with Gasteiger partial charge in [0.1, 0.15) is 0 Å². The van der Waals surface area contributed by atoms with E-state index in [-0.39, 0.29) is 17.8 Å². The number of rotatable bonds is 2. The molecule has 1 atom stereocenters. The van der Waals surface area contributed by atoms with Crippen LogP contribution in [0.2, 0.25) is 5.02 Å². The molecule has 3 nitrogen and oxygen atoms in total. The summed E-state index contributed by atoms with van der Waals surface area (Å²) in [6, 6.07) is 5.97. The van der Waals surface area contributed by atoms with Gasteiger partial charge in [-0.25, -0.2) is 0 Å². The lowest BCUT2D eigenvalue weighted by molar-refractivity contribution is -0.137. The van der Waals surface area contributed by atoms with Crippen LogP contribution in [0.15, 0.2) is 18.2 Å². The second-order valence-electron chi connectivity index (χ2n) is 5.76. The lowest BCUT2D eigenvalue weighted by Gasteiger charge is -2.35. The Bertz CT molecular complexity index is 509. The average molecular weight is 280 g/mol. The molecule has 1 spiro atoms. The van der Waals surface area contributed by atoms with Crippen LogP contribution in [0.4, 0.5) is 0 Å². The van der Waals surface area contributed by atoms with Crippen molar-refractivity contribution in [3.63, 3.8) is 0 Å². The van der Waals surface area contributed by atoms with E-state index in [1.165, 1.54) is 11.1 Å². The maximum atomic E-state index is 11.1. The molecule has 0 saturated carbocycles. The Balaban J connectivity index is 2.02. The van der Waals surface area contributed by atoms with Crippen LogP contribution in [0.1, 0.15) is 42.7 Å². The Morgan fingerprint density at radius 2 is 2.16 bits per heavy atom. The molecule has 1 saturated heterocycles. The molecule has 0 bridgehead atoms. The van der Waals surface area contributed by atoms with Gasteiger partial charge in [-0.2, -0.15) is 0 Å².